The highest BCUT2D eigenvalue weighted by Gasteiger charge is 2.41. The van der Waals surface area contributed by atoms with E-state index in [2.05, 4.69) is 6.07 Å². The van der Waals surface area contributed by atoms with Crippen LogP contribution in [0.15, 0.2) is 18.2 Å². The maximum Gasteiger partial charge on any atom is 0.410 e. The molecule has 2 aromatic rings. The Hall–Kier alpha value is -3.09. The largest absolute Gasteiger partial charge is 0.493 e. The third-order valence-electron chi connectivity index (χ3n) is 5.82. The van der Waals surface area contributed by atoms with Gasteiger partial charge in [-0.3, -0.25) is 0 Å². The molecule has 0 fully saturated rings. The molecule has 0 saturated heterocycles. The maximum absolute atomic E-state index is 12.5. The number of amides is 1. The Morgan fingerprint density at radius 1 is 1.07 bits per heavy atom. The molecule has 0 spiro atoms. The molecular formula is C21H21NO6. The zero-order chi connectivity index (χ0) is 19.4. The van der Waals surface area contributed by atoms with Crippen LogP contribution in [0.5, 0.6) is 23.0 Å². The fourth-order valence-electron chi connectivity index (χ4n) is 4.60. The van der Waals surface area contributed by atoms with Crippen molar-refractivity contribution in [2.75, 3.05) is 34.7 Å². The monoisotopic (exact) mass is 383 g/mol. The van der Waals surface area contributed by atoms with Gasteiger partial charge < -0.3 is 28.6 Å². The highest BCUT2D eigenvalue weighted by molar-refractivity contribution is 5.86. The van der Waals surface area contributed by atoms with E-state index >= 15 is 0 Å². The molecule has 1 aliphatic carbocycles. The van der Waals surface area contributed by atoms with E-state index in [4.69, 9.17) is 23.7 Å². The van der Waals surface area contributed by atoms with Crippen LogP contribution in [-0.4, -0.2) is 45.7 Å². The fraction of sp³-hybridized carbons (Fsp3) is 0.381. The first-order chi connectivity index (χ1) is 13.7. The summed E-state index contributed by atoms with van der Waals surface area (Å²) in [5.74, 6) is 2.80. The van der Waals surface area contributed by atoms with E-state index in [0.29, 0.717) is 24.5 Å². The molecular weight excluding hydrogens is 362 g/mol. The van der Waals surface area contributed by atoms with Crippen molar-refractivity contribution in [3.8, 4) is 34.1 Å². The lowest BCUT2D eigenvalue weighted by Crippen LogP contribution is -2.42. The summed E-state index contributed by atoms with van der Waals surface area (Å²) in [7, 11) is 4.66. The lowest BCUT2D eigenvalue weighted by molar-refractivity contribution is 0.100. The molecule has 7 nitrogen and oxygen atoms in total. The molecule has 5 rings (SSSR count). The number of nitrogens with zero attached hydrogens (tertiary/aromatic N) is 1. The zero-order valence-corrected chi connectivity index (χ0v) is 16.0. The van der Waals surface area contributed by atoms with Gasteiger partial charge in [-0.25, -0.2) is 4.79 Å². The van der Waals surface area contributed by atoms with E-state index in [0.717, 1.165) is 40.2 Å². The van der Waals surface area contributed by atoms with Gasteiger partial charge in [0, 0.05) is 12.1 Å². The normalized spacial score (nSPS) is 18.2. The van der Waals surface area contributed by atoms with Gasteiger partial charge in [-0.05, 0) is 53.3 Å². The van der Waals surface area contributed by atoms with Crippen LogP contribution in [0.1, 0.15) is 22.7 Å². The molecule has 3 aliphatic rings. The molecule has 7 heteroatoms. The molecule has 28 heavy (non-hydrogen) atoms. The first-order valence-electron chi connectivity index (χ1n) is 9.21. The SMILES string of the molecule is COC(=O)N1CCc2cc3c(c4c2C1Cc1cc(OC)c(OC)cc1-4)OCO3. The molecule has 1 atom stereocenters. The third kappa shape index (κ3) is 2.25. The molecule has 0 radical (unpaired) electrons. The van der Waals surface area contributed by atoms with Crippen molar-refractivity contribution < 1.29 is 28.5 Å². The summed E-state index contributed by atoms with van der Waals surface area (Å²) in [5, 5.41) is 0. The average molecular weight is 383 g/mol. The predicted molar refractivity (Wildman–Crippen MR) is 100 cm³/mol. The molecule has 146 valence electrons. The van der Waals surface area contributed by atoms with Crippen molar-refractivity contribution in [2.24, 2.45) is 0 Å². The summed E-state index contributed by atoms with van der Waals surface area (Å²) in [6.45, 7) is 0.797. The van der Waals surface area contributed by atoms with E-state index in [1.54, 1.807) is 19.1 Å². The summed E-state index contributed by atoms with van der Waals surface area (Å²) in [6, 6.07) is 5.90. The number of benzene rings is 2. The minimum absolute atomic E-state index is 0.119. The first-order valence-corrected chi connectivity index (χ1v) is 9.21. The number of fused-ring (bicyclic) bond motifs is 4. The Labute approximate surface area is 162 Å². The van der Waals surface area contributed by atoms with Gasteiger partial charge in [0.1, 0.15) is 0 Å². The van der Waals surface area contributed by atoms with Gasteiger partial charge in [-0.1, -0.05) is 0 Å². The van der Waals surface area contributed by atoms with Crippen molar-refractivity contribution in [1.29, 1.82) is 0 Å². The van der Waals surface area contributed by atoms with Crippen molar-refractivity contribution in [3.63, 3.8) is 0 Å². The Morgan fingerprint density at radius 3 is 2.61 bits per heavy atom. The summed E-state index contributed by atoms with van der Waals surface area (Å²) >= 11 is 0. The zero-order valence-electron chi connectivity index (χ0n) is 16.0. The minimum atomic E-state index is -0.316. The topological polar surface area (TPSA) is 66.5 Å². The Kier molecular flexibility index (Phi) is 3.79. The lowest BCUT2D eigenvalue weighted by Gasteiger charge is -2.41. The van der Waals surface area contributed by atoms with Crippen molar-refractivity contribution in [3.05, 3.63) is 34.9 Å². The van der Waals surface area contributed by atoms with E-state index < -0.39 is 0 Å². The number of hydrogen-bond donors (Lipinski definition) is 0. The number of carbonyl (C=O) groups excluding carboxylic acids is 1. The predicted octanol–water partition coefficient (Wildman–Crippen LogP) is 3.32. The number of carbonyl (C=O) groups is 1. The summed E-state index contributed by atoms with van der Waals surface area (Å²) in [4.78, 5) is 14.3. The van der Waals surface area contributed by atoms with Gasteiger partial charge in [-0.15, -0.1) is 0 Å². The highest BCUT2D eigenvalue weighted by atomic mass is 16.7. The van der Waals surface area contributed by atoms with Gasteiger partial charge >= 0.3 is 6.09 Å². The minimum Gasteiger partial charge on any atom is -0.493 e. The number of hydrogen-bond acceptors (Lipinski definition) is 6. The summed E-state index contributed by atoms with van der Waals surface area (Å²) in [5.41, 5.74) is 5.37. The van der Waals surface area contributed by atoms with Crippen LogP contribution in [0, 0.1) is 0 Å². The Morgan fingerprint density at radius 2 is 1.86 bits per heavy atom. The van der Waals surface area contributed by atoms with Gasteiger partial charge in [0.2, 0.25) is 6.79 Å². The van der Waals surface area contributed by atoms with Gasteiger partial charge in [0.25, 0.3) is 0 Å². The molecule has 0 saturated carbocycles. The summed E-state index contributed by atoms with van der Waals surface area (Å²) < 4.78 is 27.6. The van der Waals surface area contributed by atoms with Gasteiger partial charge in [0.15, 0.2) is 23.0 Å². The van der Waals surface area contributed by atoms with E-state index in [1.807, 2.05) is 12.1 Å². The van der Waals surface area contributed by atoms with Crippen LogP contribution in [0.2, 0.25) is 0 Å². The summed E-state index contributed by atoms with van der Waals surface area (Å²) in [6.07, 6.45) is 1.10. The van der Waals surface area contributed by atoms with E-state index in [1.165, 1.54) is 12.7 Å². The van der Waals surface area contributed by atoms with E-state index in [9.17, 15) is 4.79 Å². The second-order valence-electron chi connectivity index (χ2n) is 7.06. The quantitative estimate of drug-likeness (QED) is 0.793. The van der Waals surface area contributed by atoms with Crippen LogP contribution in [0.4, 0.5) is 4.79 Å². The van der Waals surface area contributed by atoms with E-state index in [-0.39, 0.29) is 18.9 Å². The first kappa shape index (κ1) is 17.0. The average Bonchev–Trinajstić information content (AvgIpc) is 3.20. The molecule has 0 N–H and O–H groups in total. The molecule has 0 aromatic heterocycles. The second-order valence-corrected chi connectivity index (χ2v) is 7.06. The molecule has 2 heterocycles. The molecule has 1 unspecified atom stereocenters. The standard InChI is InChI=1S/C21H21NO6/c1-24-15-8-12-6-14-18-11(4-5-22(14)21(23)26-3)7-17-20(28-10-27-17)19(18)13(12)9-16(15)25-2/h7-9,14H,4-6,10H2,1-3H3. The Bertz CT molecular complexity index is 986. The molecule has 1 amide bonds. The lowest BCUT2D eigenvalue weighted by atomic mass is 9.76. The Balaban J connectivity index is 1.79. The maximum atomic E-state index is 12.5. The number of rotatable bonds is 2. The van der Waals surface area contributed by atoms with Crippen LogP contribution in [0.25, 0.3) is 11.1 Å². The van der Waals surface area contributed by atoms with Crippen molar-refractivity contribution in [2.45, 2.75) is 18.9 Å². The molecule has 2 aromatic carbocycles. The fourth-order valence-corrected chi connectivity index (χ4v) is 4.60. The second kappa shape index (κ2) is 6.22. The smallest absolute Gasteiger partial charge is 0.410 e. The van der Waals surface area contributed by atoms with Gasteiger partial charge in [0.05, 0.1) is 27.4 Å². The van der Waals surface area contributed by atoms with Crippen LogP contribution in [0.3, 0.4) is 0 Å². The van der Waals surface area contributed by atoms with Crippen LogP contribution in [-0.2, 0) is 17.6 Å². The van der Waals surface area contributed by atoms with Crippen molar-refractivity contribution >= 4 is 6.09 Å². The van der Waals surface area contributed by atoms with Crippen molar-refractivity contribution in [1.82, 2.24) is 4.90 Å². The third-order valence-corrected chi connectivity index (χ3v) is 5.82. The highest BCUT2D eigenvalue weighted by Crippen LogP contribution is 2.55. The number of methoxy groups -OCH3 is 3. The molecule has 0 bridgehead atoms. The molecule has 2 aliphatic heterocycles. The van der Waals surface area contributed by atoms with Gasteiger partial charge in [-0.2, -0.15) is 0 Å². The van der Waals surface area contributed by atoms with Crippen LogP contribution >= 0.6 is 0 Å². The van der Waals surface area contributed by atoms with Crippen LogP contribution < -0.4 is 18.9 Å². The number of ether oxygens (including phenoxy) is 5.